The van der Waals surface area contributed by atoms with Crippen molar-refractivity contribution in [1.82, 2.24) is 0 Å². The van der Waals surface area contributed by atoms with Crippen LogP contribution in [-0.4, -0.2) is 5.88 Å². The number of hydrogen-bond acceptors (Lipinski definition) is 0. The minimum Gasteiger partial charge on any atom is -0.207 e. The third-order valence-corrected chi connectivity index (χ3v) is 3.03. The first-order valence-electron chi connectivity index (χ1n) is 5.04. The lowest BCUT2D eigenvalue weighted by atomic mass is 9.91. The monoisotopic (exact) mass is 232 g/mol. The molecule has 0 saturated carbocycles. The lowest BCUT2D eigenvalue weighted by molar-refractivity contribution is 0.414. The van der Waals surface area contributed by atoms with E-state index in [9.17, 15) is 8.78 Å². The molecular formula is C12H15ClF2. The number of benzene rings is 1. The molecule has 0 aliphatic carbocycles. The van der Waals surface area contributed by atoms with Gasteiger partial charge in [-0.3, -0.25) is 0 Å². The zero-order valence-electron chi connectivity index (χ0n) is 8.93. The average molecular weight is 233 g/mol. The summed E-state index contributed by atoms with van der Waals surface area (Å²) in [6, 6.07) is 3.54. The Morgan fingerprint density at radius 3 is 2.47 bits per heavy atom. The highest BCUT2D eigenvalue weighted by molar-refractivity contribution is 6.18. The van der Waals surface area contributed by atoms with Crippen LogP contribution in [0.15, 0.2) is 18.2 Å². The summed E-state index contributed by atoms with van der Waals surface area (Å²) in [5.74, 6) is 0.261. The normalized spacial score (nSPS) is 13.2. The van der Waals surface area contributed by atoms with Crippen molar-refractivity contribution in [3.8, 4) is 0 Å². The fraction of sp³-hybridized carbons (Fsp3) is 0.500. The van der Waals surface area contributed by atoms with Crippen molar-refractivity contribution in [2.24, 2.45) is 11.8 Å². The minimum absolute atomic E-state index is 0.183. The average Bonchev–Trinajstić information content (AvgIpc) is 2.18. The van der Waals surface area contributed by atoms with Crippen LogP contribution >= 0.6 is 11.6 Å². The highest BCUT2D eigenvalue weighted by Crippen LogP contribution is 2.21. The molecule has 0 heterocycles. The van der Waals surface area contributed by atoms with Gasteiger partial charge in [0.05, 0.1) is 0 Å². The van der Waals surface area contributed by atoms with E-state index in [2.05, 4.69) is 0 Å². The fourth-order valence-electron chi connectivity index (χ4n) is 1.45. The first kappa shape index (κ1) is 12.4. The number of alkyl halides is 1. The second kappa shape index (κ2) is 5.45. The van der Waals surface area contributed by atoms with E-state index in [1.54, 1.807) is 0 Å². The van der Waals surface area contributed by atoms with Crippen molar-refractivity contribution in [3.05, 3.63) is 35.4 Å². The van der Waals surface area contributed by atoms with Crippen LogP contribution in [0.2, 0.25) is 0 Å². The van der Waals surface area contributed by atoms with E-state index in [1.807, 2.05) is 13.8 Å². The Balaban J connectivity index is 2.82. The summed E-state index contributed by atoms with van der Waals surface area (Å²) in [6.07, 6.45) is 0.491. The van der Waals surface area contributed by atoms with E-state index in [0.717, 1.165) is 12.1 Å². The predicted octanol–water partition coefficient (Wildman–Crippen LogP) is 4.02. The van der Waals surface area contributed by atoms with Gasteiger partial charge in [0.2, 0.25) is 0 Å². The molecule has 0 spiro atoms. The minimum atomic E-state index is -0.400. The van der Waals surface area contributed by atoms with Crippen molar-refractivity contribution in [2.75, 3.05) is 5.88 Å². The van der Waals surface area contributed by atoms with Crippen molar-refractivity contribution in [3.63, 3.8) is 0 Å². The molecule has 1 atom stereocenters. The van der Waals surface area contributed by atoms with Crippen molar-refractivity contribution < 1.29 is 8.78 Å². The van der Waals surface area contributed by atoms with Crippen LogP contribution in [0.25, 0.3) is 0 Å². The summed E-state index contributed by atoms with van der Waals surface area (Å²) in [4.78, 5) is 0. The van der Waals surface area contributed by atoms with Gasteiger partial charge >= 0.3 is 0 Å². The zero-order valence-corrected chi connectivity index (χ0v) is 9.69. The van der Waals surface area contributed by atoms with Crippen molar-refractivity contribution in [1.29, 1.82) is 0 Å². The van der Waals surface area contributed by atoms with Gasteiger partial charge in [0.15, 0.2) is 0 Å². The number of hydrogen-bond donors (Lipinski definition) is 0. The Bertz CT molecular complexity index is 323. The van der Waals surface area contributed by atoms with Crippen LogP contribution in [0.4, 0.5) is 8.78 Å². The quantitative estimate of drug-likeness (QED) is 0.688. The van der Waals surface area contributed by atoms with E-state index >= 15 is 0 Å². The molecule has 0 aliphatic rings. The topological polar surface area (TPSA) is 0 Å². The summed E-state index contributed by atoms with van der Waals surface area (Å²) in [6.45, 7) is 4.06. The molecular weight excluding hydrogens is 218 g/mol. The van der Waals surface area contributed by atoms with Gasteiger partial charge in [-0.05, 0) is 42.0 Å². The summed E-state index contributed by atoms with van der Waals surface area (Å²) in [5.41, 5.74) is 0.411. The van der Waals surface area contributed by atoms with E-state index < -0.39 is 5.82 Å². The first-order valence-corrected chi connectivity index (χ1v) is 5.58. The molecule has 0 aromatic heterocycles. The van der Waals surface area contributed by atoms with Crippen LogP contribution in [0, 0.1) is 23.5 Å². The van der Waals surface area contributed by atoms with Crippen LogP contribution < -0.4 is 0 Å². The molecule has 1 aromatic carbocycles. The number of halogens is 3. The van der Waals surface area contributed by atoms with E-state index in [0.29, 0.717) is 23.8 Å². The Morgan fingerprint density at radius 1 is 1.27 bits per heavy atom. The van der Waals surface area contributed by atoms with Crippen LogP contribution in [0.3, 0.4) is 0 Å². The molecule has 1 rings (SSSR count). The molecule has 0 saturated heterocycles. The molecule has 0 aliphatic heterocycles. The molecule has 0 bridgehead atoms. The highest BCUT2D eigenvalue weighted by atomic mass is 35.5. The van der Waals surface area contributed by atoms with E-state index in [4.69, 9.17) is 11.6 Å². The van der Waals surface area contributed by atoms with Gasteiger partial charge in [0.1, 0.15) is 11.6 Å². The summed E-state index contributed by atoms with van der Waals surface area (Å²) in [5, 5.41) is 0. The van der Waals surface area contributed by atoms with Gasteiger partial charge in [-0.2, -0.15) is 0 Å². The SMILES string of the molecule is CC(C)C(CCl)Cc1cc(F)ccc1F. The maximum Gasteiger partial charge on any atom is 0.126 e. The fourth-order valence-corrected chi connectivity index (χ4v) is 1.92. The van der Waals surface area contributed by atoms with Crippen molar-refractivity contribution >= 4 is 11.6 Å². The molecule has 0 fully saturated rings. The summed E-state index contributed by atoms with van der Waals surface area (Å²) < 4.78 is 26.2. The van der Waals surface area contributed by atoms with Gasteiger partial charge in [-0.15, -0.1) is 11.6 Å². The third-order valence-electron chi connectivity index (χ3n) is 2.63. The lowest BCUT2D eigenvalue weighted by Crippen LogP contribution is -2.14. The lowest BCUT2D eigenvalue weighted by Gasteiger charge is -2.18. The Morgan fingerprint density at radius 2 is 1.93 bits per heavy atom. The Labute approximate surface area is 94.3 Å². The van der Waals surface area contributed by atoms with Gasteiger partial charge in [0, 0.05) is 5.88 Å². The zero-order chi connectivity index (χ0) is 11.4. The third kappa shape index (κ3) is 3.45. The van der Waals surface area contributed by atoms with Crippen LogP contribution in [0.1, 0.15) is 19.4 Å². The molecule has 3 heteroatoms. The van der Waals surface area contributed by atoms with Crippen LogP contribution in [-0.2, 0) is 6.42 Å². The molecule has 0 amide bonds. The first-order chi connectivity index (χ1) is 7.04. The van der Waals surface area contributed by atoms with Gasteiger partial charge in [0.25, 0.3) is 0 Å². The number of rotatable bonds is 4. The summed E-state index contributed by atoms with van der Waals surface area (Å²) in [7, 11) is 0. The maximum absolute atomic E-state index is 13.3. The van der Waals surface area contributed by atoms with Gasteiger partial charge in [-0.1, -0.05) is 13.8 Å². The molecule has 0 N–H and O–H groups in total. The second-order valence-electron chi connectivity index (χ2n) is 4.10. The van der Waals surface area contributed by atoms with Gasteiger partial charge < -0.3 is 0 Å². The molecule has 1 aromatic rings. The Hall–Kier alpha value is -0.630. The summed E-state index contributed by atoms with van der Waals surface area (Å²) >= 11 is 5.79. The molecule has 0 nitrogen and oxygen atoms in total. The second-order valence-corrected chi connectivity index (χ2v) is 4.41. The maximum atomic E-state index is 13.3. The van der Waals surface area contributed by atoms with E-state index in [1.165, 1.54) is 6.07 Å². The molecule has 1 unspecified atom stereocenters. The van der Waals surface area contributed by atoms with Gasteiger partial charge in [-0.25, -0.2) is 8.78 Å². The largest absolute Gasteiger partial charge is 0.207 e. The standard InChI is InChI=1S/C12H15ClF2/c1-8(2)10(7-13)5-9-6-11(14)3-4-12(9)15/h3-4,6,8,10H,5,7H2,1-2H3. The Kier molecular flexibility index (Phi) is 4.52. The molecule has 84 valence electrons. The molecule has 0 radical (unpaired) electrons. The molecule has 15 heavy (non-hydrogen) atoms. The van der Waals surface area contributed by atoms with Crippen LogP contribution in [0.5, 0.6) is 0 Å². The van der Waals surface area contributed by atoms with Crippen molar-refractivity contribution in [2.45, 2.75) is 20.3 Å². The highest BCUT2D eigenvalue weighted by Gasteiger charge is 2.15. The predicted molar refractivity (Wildman–Crippen MR) is 59.1 cm³/mol. The van der Waals surface area contributed by atoms with E-state index in [-0.39, 0.29) is 11.7 Å². The smallest absolute Gasteiger partial charge is 0.126 e.